The Morgan fingerprint density at radius 2 is 2.12 bits per heavy atom. The molecule has 0 aliphatic heterocycles. The Labute approximate surface area is 108 Å². The van der Waals surface area contributed by atoms with Gasteiger partial charge in [0.25, 0.3) is 0 Å². The number of anilines is 1. The van der Waals surface area contributed by atoms with Crippen molar-refractivity contribution in [3.8, 4) is 0 Å². The van der Waals surface area contributed by atoms with Crippen LogP contribution in [0, 0.1) is 0 Å². The van der Waals surface area contributed by atoms with Crippen molar-refractivity contribution in [1.82, 2.24) is 0 Å². The predicted octanol–water partition coefficient (Wildman–Crippen LogP) is 2.73. The number of thioether (sulfide) groups is 1. The zero-order valence-electron chi connectivity index (χ0n) is 9.36. The van der Waals surface area contributed by atoms with Gasteiger partial charge in [-0.05, 0) is 31.4 Å². The van der Waals surface area contributed by atoms with Gasteiger partial charge in [-0.25, -0.2) is 4.79 Å². The summed E-state index contributed by atoms with van der Waals surface area (Å²) in [7, 11) is 0. The molecule has 1 aromatic carbocycles. The van der Waals surface area contributed by atoms with Gasteiger partial charge in [0.2, 0.25) is 5.91 Å². The fraction of sp³-hybridized carbons (Fsp3) is 0.273. The van der Waals surface area contributed by atoms with E-state index in [2.05, 4.69) is 5.32 Å². The summed E-state index contributed by atoms with van der Waals surface area (Å²) in [5.41, 5.74) is 0.508. The number of hydrogen-bond acceptors (Lipinski definition) is 3. The molecule has 0 saturated carbocycles. The molecule has 0 saturated heterocycles. The number of nitrogens with one attached hydrogen (secondary N) is 1. The lowest BCUT2D eigenvalue weighted by Crippen LogP contribution is -2.22. The lowest BCUT2D eigenvalue weighted by Gasteiger charge is -2.10. The van der Waals surface area contributed by atoms with Crippen molar-refractivity contribution >= 4 is 40.9 Å². The van der Waals surface area contributed by atoms with Gasteiger partial charge >= 0.3 is 5.97 Å². The van der Waals surface area contributed by atoms with Crippen LogP contribution in [0.5, 0.6) is 0 Å². The summed E-state index contributed by atoms with van der Waals surface area (Å²) >= 11 is 7.21. The van der Waals surface area contributed by atoms with Gasteiger partial charge in [0.15, 0.2) is 0 Å². The molecule has 1 aromatic rings. The average Bonchev–Trinajstić information content (AvgIpc) is 2.27. The molecule has 0 heterocycles. The number of hydrogen-bond donors (Lipinski definition) is 2. The van der Waals surface area contributed by atoms with Gasteiger partial charge in [0.1, 0.15) is 0 Å². The molecule has 0 fully saturated rings. The van der Waals surface area contributed by atoms with Crippen LogP contribution in [0.4, 0.5) is 5.69 Å². The molecule has 0 bridgehead atoms. The van der Waals surface area contributed by atoms with Gasteiger partial charge in [0.05, 0.1) is 15.8 Å². The Morgan fingerprint density at radius 3 is 2.59 bits per heavy atom. The number of rotatable bonds is 4. The summed E-state index contributed by atoms with van der Waals surface area (Å²) < 4.78 is 0. The van der Waals surface area contributed by atoms with Crippen molar-refractivity contribution in [1.29, 1.82) is 0 Å². The molecule has 0 radical (unpaired) electrons. The zero-order valence-corrected chi connectivity index (χ0v) is 10.9. The first-order valence-corrected chi connectivity index (χ1v) is 6.48. The molecule has 6 heteroatoms. The average molecular weight is 274 g/mol. The Morgan fingerprint density at radius 1 is 1.47 bits per heavy atom. The minimum atomic E-state index is -1.09. The van der Waals surface area contributed by atoms with Crippen LogP contribution in [-0.4, -0.2) is 28.5 Å². The third-order valence-electron chi connectivity index (χ3n) is 2.19. The zero-order chi connectivity index (χ0) is 13.0. The Bertz CT molecular complexity index is 450. The van der Waals surface area contributed by atoms with E-state index >= 15 is 0 Å². The van der Waals surface area contributed by atoms with Gasteiger partial charge in [0, 0.05) is 5.69 Å². The molecule has 1 rings (SSSR count). The number of carboxylic acids is 1. The fourth-order valence-electron chi connectivity index (χ4n) is 1.12. The minimum absolute atomic E-state index is 0.0163. The van der Waals surface area contributed by atoms with Gasteiger partial charge in [-0.15, -0.1) is 0 Å². The van der Waals surface area contributed by atoms with Gasteiger partial charge in [-0.3, -0.25) is 4.79 Å². The summed E-state index contributed by atoms with van der Waals surface area (Å²) in [4.78, 5) is 22.3. The first-order chi connectivity index (χ1) is 7.95. The molecule has 1 amide bonds. The molecule has 0 aliphatic rings. The van der Waals surface area contributed by atoms with Crippen molar-refractivity contribution in [3.05, 3.63) is 28.8 Å². The third kappa shape index (κ3) is 3.64. The van der Waals surface area contributed by atoms with E-state index in [0.717, 1.165) is 0 Å². The second kappa shape index (κ2) is 5.93. The van der Waals surface area contributed by atoms with Crippen molar-refractivity contribution < 1.29 is 14.7 Å². The van der Waals surface area contributed by atoms with Crippen molar-refractivity contribution in [2.24, 2.45) is 0 Å². The van der Waals surface area contributed by atoms with E-state index in [1.165, 1.54) is 30.0 Å². The number of halogens is 1. The SMILES string of the molecule is CSC(C)C(=O)Nc1ccc(C(=O)O)c(Cl)c1. The lowest BCUT2D eigenvalue weighted by atomic mass is 10.2. The maximum atomic E-state index is 11.6. The van der Waals surface area contributed by atoms with E-state index in [9.17, 15) is 9.59 Å². The van der Waals surface area contributed by atoms with Crippen molar-refractivity contribution in [2.75, 3.05) is 11.6 Å². The highest BCUT2D eigenvalue weighted by Crippen LogP contribution is 2.21. The summed E-state index contributed by atoms with van der Waals surface area (Å²) in [6.45, 7) is 1.78. The number of carbonyl (C=O) groups is 2. The van der Waals surface area contributed by atoms with E-state index in [4.69, 9.17) is 16.7 Å². The first-order valence-electron chi connectivity index (χ1n) is 4.82. The molecule has 0 aliphatic carbocycles. The molecular weight excluding hydrogens is 262 g/mol. The number of amides is 1. The normalized spacial score (nSPS) is 11.9. The summed E-state index contributed by atoms with van der Waals surface area (Å²) in [5.74, 6) is -1.23. The minimum Gasteiger partial charge on any atom is -0.478 e. The summed E-state index contributed by atoms with van der Waals surface area (Å²) in [6, 6.07) is 4.31. The molecule has 17 heavy (non-hydrogen) atoms. The maximum Gasteiger partial charge on any atom is 0.337 e. The number of carboxylic acid groups (broad SMARTS) is 1. The second-order valence-electron chi connectivity index (χ2n) is 3.37. The van der Waals surface area contributed by atoms with Crippen LogP contribution in [-0.2, 0) is 4.79 Å². The molecule has 1 atom stereocenters. The molecule has 2 N–H and O–H groups in total. The van der Waals surface area contributed by atoms with Gasteiger partial charge in [-0.1, -0.05) is 11.6 Å². The number of carbonyl (C=O) groups excluding carboxylic acids is 1. The highest BCUT2D eigenvalue weighted by Gasteiger charge is 2.13. The van der Waals surface area contributed by atoms with E-state index in [1.54, 1.807) is 6.92 Å². The monoisotopic (exact) mass is 273 g/mol. The summed E-state index contributed by atoms with van der Waals surface area (Å²) in [5, 5.41) is 11.4. The van der Waals surface area contributed by atoms with Crippen LogP contribution in [0.1, 0.15) is 17.3 Å². The quantitative estimate of drug-likeness (QED) is 0.885. The maximum absolute atomic E-state index is 11.6. The molecule has 92 valence electrons. The van der Waals surface area contributed by atoms with Gasteiger partial charge in [-0.2, -0.15) is 11.8 Å². The van der Waals surface area contributed by atoms with E-state index in [0.29, 0.717) is 5.69 Å². The number of benzene rings is 1. The van der Waals surface area contributed by atoms with Crippen LogP contribution < -0.4 is 5.32 Å². The fourth-order valence-corrected chi connectivity index (χ4v) is 1.65. The smallest absolute Gasteiger partial charge is 0.337 e. The van der Waals surface area contributed by atoms with E-state index in [-0.39, 0.29) is 21.7 Å². The topological polar surface area (TPSA) is 66.4 Å². The Hall–Kier alpha value is -1.20. The van der Waals surface area contributed by atoms with Crippen molar-refractivity contribution in [2.45, 2.75) is 12.2 Å². The second-order valence-corrected chi connectivity index (χ2v) is 4.95. The first kappa shape index (κ1) is 13.9. The van der Waals surface area contributed by atoms with Crippen LogP contribution in [0.3, 0.4) is 0 Å². The van der Waals surface area contributed by atoms with E-state index < -0.39 is 5.97 Å². The lowest BCUT2D eigenvalue weighted by molar-refractivity contribution is -0.115. The number of aromatic carboxylic acids is 1. The van der Waals surface area contributed by atoms with Crippen LogP contribution in [0.25, 0.3) is 0 Å². The van der Waals surface area contributed by atoms with Crippen molar-refractivity contribution in [3.63, 3.8) is 0 Å². The third-order valence-corrected chi connectivity index (χ3v) is 3.42. The molecule has 0 aromatic heterocycles. The highest BCUT2D eigenvalue weighted by atomic mass is 35.5. The largest absolute Gasteiger partial charge is 0.478 e. The van der Waals surface area contributed by atoms with Gasteiger partial charge < -0.3 is 10.4 Å². The van der Waals surface area contributed by atoms with E-state index in [1.807, 2.05) is 6.26 Å². The molecule has 4 nitrogen and oxygen atoms in total. The van der Waals surface area contributed by atoms with Crippen LogP contribution >= 0.6 is 23.4 Å². The van der Waals surface area contributed by atoms with Crippen LogP contribution in [0.15, 0.2) is 18.2 Å². The molecular formula is C11H12ClNO3S. The Kier molecular flexibility index (Phi) is 4.84. The molecule has 1 unspecified atom stereocenters. The standard InChI is InChI=1S/C11H12ClNO3S/c1-6(17-2)10(14)13-7-3-4-8(11(15)16)9(12)5-7/h3-6H,1-2H3,(H,13,14)(H,15,16). The summed E-state index contributed by atoms with van der Waals surface area (Å²) in [6.07, 6.45) is 1.84. The highest BCUT2D eigenvalue weighted by molar-refractivity contribution is 7.99. The molecule has 0 spiro atoms. The predicted molar refractivity (Wildman–Crippen MR) is 70.0 cm³/mol. The van der Waals surface area contributed by atoms with Crippen LogP contribution in [0.2, 0.25) is 5.02 Å². The Balaban J connectivity index is 2.84.